The fraction of sp³-hybridized carbons (Fsp3) is 0.273. The fourth-order valence-corrected chi connectivity index (χ4v) is 2.13. The molecule has 82 valence electrons. The van der Waals surface area contributed by atoms with Crippen LogP contribution in [0, 0.1) is 18.3 Å². The molecule has 1 aliphatic heterocycles. The van der Waals surface area contributed by atoms with Gasteiger partial charge < -0.3 is 0 Å². The van der Waals surface area contributed by atoms with E-state index < -0.39 is 0 Å². The normalized spacial score (nSPS) is 19.9. The van der Waals surface area contributed by atoms with Crippen LogP contribution in [-0.2, 0) is 4.79 Å². The van der Waals surface area contributed by atoms with Crippen molar-refractivity contribution in [2.75, 3.05) is 11.4 Å². The van der Waals surface area contributed by atoms with Gasteiger partial charge in [-0.1, -0.05) is 0 Å². The molecule has 1 unspecified atom stereocenters. The first-order valence-corrected chi connectivity index (χ1v) is 6.29. The molecule has 16 heavy (non-hydrogen) atoms. The van der Waals surface area contributed by atoms with Gasteiger partial charge in [0.2, 0.25) is 5.91 Å². The van der Waals surface area contributed by atoms with Crippen LogP contribution in [0.2, 0.25) is 0 Å². The van der Waals surface area contributed by atoms with Crippen LogP contribution in [0.25, 0.3) is 0 Å². The Labute approximate surface area is 110 Å². The van der Waals surface area contributed by atoms with Gasteiger partial charge >= 0.3 is 0 Å². The molecule has 0 aliphatic carbocycles. The summed E-state index contributed by atoms with van der Waals surface area (Å²) in [5.74, 6) is 3.27. The monoisotopic (exact) mass is 342 g/mol. The molecule has 2 rings (SSSR count). The first kappa shape index (κ1) is 11.6. The summed E-state index contributed by atoms with van der Waals surface area (Å²) >= 11 is 6.64. The summed E-state index contributed by atoms with van der Waals surface area (Å²) < 4.78 is 1.54. The number of terminal acetylenes is 1. The molecular formula is C11H8Br2N2O. The lowest BCUT2D eigenvalue weighted by molar-refractivity contribution is -0.117. The van der Waals surface area contributed by atoms with Crippen molar-refractivity contribution in [3.8, 4) is 12.3 Å². The van der Waals surface area contributed by atoms with Crippen molar-refractivity contribution >= 4 is 43.6 Å². The summed E-state index contributed by atoms with van der Waals surface area (Å²) in [5, 5.41) is 0. The Morgan fingerprint density at radius 2 is 2.25 bits per heavy atom. The SMILES string of the molecule is C#CC1CC(=O)N(c2ccc(Br)c(Br)n2)C1. The minimum atomic E-state index is -0.00303. The van der Waals surface area contributed by atoms with Gasteiger partial charge in [-0.25, -0.2) is 4.98 Å². The third-order valence-electron chi connectivity index (χ3n) is 2.43. The van der Waals surface area contributed by atoms with Crippen LogP contribution in [0.3, 0.4) is 0 Å². The van der Waals surface area contributed by atoms with Crippen LogP contribution in [0.5, 0.6) is 0 Å². The van der Waals surface area contributed by atoms with Gasteiger partial charge in [0.1, 0.15) is 10.4 Å². The standard InChI is InChI=1S/C11H8Br2N2O/c1-2-7-5-10(16)15(6-7)9-4-3-8(12)11(13)14-9/h1,3-4,7H,5-6H2. The van der Waals surface area contributed by atoms with E-state index in [2.05, 4.69) is 42.8 Å². The van der Waals surface area contributed by atoms with Gasteiger partial charge in [0, 0.05) is 18.9 Å². The Bertz CT molecular complexity index is 481. The van der Waals surface area contributed by atoms with E-state index in [0.29, 0.717) is 23.4 Å². The molecule has 1 fully saturated rings. The molecule has 0 aromatic carbocycles. The predicted molar refractivity (Wildman–Crippen MR) is 68.9 cm³/mol. The average molecular weight is 344 g/mol. The highest BCUT2D eigenvalue weighted by Gasteiger charge is 2.30. The van der Waals surface area contributed by atoms with Crippen molar-refractivity contribution in [2.24, 2.45) is 5.92 Å². The van der Waals surface area contributed by atoms with Crippen molar-refractivity contribution in [3.63, 3.8) is 0 Å². The molecule has 1 saturated heterocycles. The van der Waals surface area contributed by atoms with Crippen molar-refractivity contribution in [1.29, 1.82) is 0 Å². The van der Waals surface area contributed by atoms with Crippen LogP contribution < -0.4 is 4.90 Å². The number of hydrogen-bond donors (Lipinski definition) is 0. The van der Waals surface area contributed by atoms with E-state index in [1.165, 1.54) is 0 Å². The van der Waals surface area contributed by atoms with Gasteiger partial charge in [0.15, 0.2) is 0 Å². The van der Waals surface area contributed by atoms with Crippen LogP contribution in [0.15, 0.2) is 21.2 Å². The first-order valence-electron chi connectivity index (χ1n) is 4.70. The second-order valence-electron chi connectivity index (χ2n) is 3.51. The van der Waals surface area contributed by atoms with Gasteiger partial charge in [-0.05, 0) is 44.0 Å². The van der Waals surface area contributed by atoms with Crippen molar-refractivity contribution in [2.45, 2.75) is 6.42 Å². The number of aromatic nitrogens is 1. The zero-order chi connectivity index (χ0) is 11.7. The molecule has 3 nitrogen and oxygen atoms in total. The molecule has 1 aromatic heterocycles. The maximum atomic E-state index is 11.7. The summed E-state index contributed by atoms with van der Waals surface area (Å²) in [7, 11) is 0. The molecule has 0 radical (unpaired) electrons. The molecule has 1 aromatic rings. The van der Waals surface area contributed by atoms with Crippen LogP contribution in [-0.4, -0.2) is 17.4 Å². The zero-order valence-electron chi connectivity index (χ0n) is 8.28. The lowest BCUT2D eigenvalue weighted by Gasteiger charge is -2.15. The number of hydrogen-bond acceptors (Lipinski definition) is 2. The number of pyridine rings is 1. The van der Waals surface area contributed by atoms with E-state index in [-0.39, 0.29) is 11.8 Å². The molecule has 2 heterocycles. The predicted octanol–water partition coefficient (Wildman–Crippen LogP) is 2.59. The number of nitrogens with zero attached hydrogens (tertiary/aromatic N) is 2. The number of halogens is 2. The minimum Gasteiger partial charge on any atom is -0.295 e. The van der Waals surface area contributed by atoms with Gasteiger partial charge in [-0.2, -0.15) is 0 Å². The largest absolute Gasteiger partial charge is 0.295 e. The topological polar surface area (TPSA) is 33.2 Å². The lowest BCUT2D eigenvalue weighted by atomic mass is 10.1. The zero-order valence-corrected chi connectivity index (χ0v) is 11.5. The molecule has 1 atom stereocenters. The summed E-state index contributed by atoms with van der Waals surface area (Å²) in [6.45, 7) is 0.552. The van der Waals surface area contributed by atoms with Crippen LogP contribution >= 0.6 is 31.9 Å². The second kappa shape index (κ2) is 4.56. The molecule has 0 N–H and O–H groups in total. The Hall–Kier alpha value is -0.860. The van der Waals surface area contributed by atoms with Crippen molar-refractivity contribution < 1.29 is 4.79 Å². The Balaban J connectivity index is 2.29. The number of carbonyl (C=O) groups is 1. The van der Waals surface area contributed by atoms with Crippen LogP contribution in [0.1, 0.15) is 6.42 Å². The van der Waals surface area contributed by atoms with Crippen molar-refractivity contribution in [3.05, 3.63) is 21.2 Å². The highest BCUT2D eigenvalue weighted by Crippen LogP contribution is 2.27. The molecule has 0 spiro atoms. The summed E-state index contributed by atoms with van der Waals surface area (Å²) in [6, 6.07) is 3.65. The minimum absolute atomic E-state index is 0.00303. The number of carbonyl (C=O) groups excluding carboxylic acids is 1. The average Bonchev–Trinajstić information content (AvgIpc) is 2.64. The maximum Gasteiger partial charge on any atom is 0.229 e. The molecular weight excluding hydrogens is 336 g/mol. The summed E-state index contributed by atoms with van der Waals surface area (Å²) in [4.78, 5) is 17.6. The van der Waals surface area contributed by atoms with Gasteiger partial charge in [0.05, 0.1) is 4.47 Å². The highest BCUT2D eigenvalue weighted by atomic mass is 79.9. The molecule has 0 bridgehead atoms. The molecule has 0 saturated carbocycles. The van der Waals surface area contributed by atoms with Gasteiger partial charge in [-0.3, -0.25) is 9.69 Å². The van der Waals surface area contributed by atoms with E-state index in [1.54, 1.807) is 11.0 Å². The Kier molecular flexibility index (Phi) is 3.31. The third-order valence-corrected chi connectivity index (χ3v) is 4.20. The van der Waals surface area contributed by atoms with Gasteiger partial charge in [0.25, 0.3) is 0 Å². The number of anilines is 1. The smallest absolute Gasteiger partial charge is 0.229 e. The third kappa shape index (κ3) is 2.13. The van der Waals surface area contributed by atoms with E-state index >= 15 is 0 Å². The van der Waals surface area contributed by atoms with Gasteiger partial charge in [-0.15, -0.1) is 12.3 Å². The van der Waals surface area contributed by atoms with Crippen LogP contribution in [0.4, 0.5) is 5.82 Å². The lowest BCUT2D eigenvalue weighted by Crippen LogP contribution is -2.25. The Morgan fingerprint density at radius 1 is 1.50 bits per heavy atom. The van der Waals surface area contributed by atoms with E-state index in [0.717, 1.165) is 4.47 Å². The quantitative estimate of drug-likeness (QED) is 0.580. The second-order valence-corrected chi connectivity index (χ2v) is 5.12. The summed E-state index contributed by atoms with van der Waals surface area (Å²) in [5.41, 5.74) is 0. The van der Waals surface area contributed by atoms with E-state index in [4.69, 9.17) is 6.42 Å². The van der Waals surface area contributed by atoms with E-state index in [1.807, 2.05) is 6.07 Å². The number of amides is 1. The summed E-state index contributed by atoms with van der Waals surface area (Å²) in [6.07, 6.45) is 5.73. The van der Waals surface area contributed by atoms with E-state index in [9.17, 15) is 4.79 Å². The number of rotatable bonds is 1. The van der Waals surface area contributed by atoms with Crippen molar-refractivity contribution in [1.82, 2.24) is 4.98 Å². The first-order chi connectivity index (χ1) is 7.61. The highest BCUT2D eigenvalue weighted by molar-refractivity contribution is 9.13. The molecule has 1 aliphatic rings. The molecule has 5 heteroatoms. The fourth-order valence-electron chi connectivity index (χ4n) is 1.60. The Morgan fingerprint density at radius 3 is 2.81 bits per heavy atom. The molecule has 1 amide bonds. The maximum absolute atomic E-state index is 11.7.